The van der Waals surface area contributed by atoms with Crippen LogP contribution >= 0.6 is 11.6 Å². The van der Waals surface area contributed by atoms with Crippen molar-refractivity contribution < 1.29 is 0 Å². The van der Waals surface area contributed by atoms with Crippen molar-refractivity contribution in [2.45, 2.75) is 6.92 Å². The smallest absolute Gasteiger partial charge is 0.136 e. The molecule has 0 saturated carbocycles. The molecule has 128 valence electrons. The lowest BCUT2D eigenvalue weighted by atomic mass is 10.2. The van der Waals surface area contributed by atoms with Crippen LogP contribution in [-0.4, -0.2) is 24.1 Å². The molecule has 25 heavy (non-hydrogen) atoms. The van der Waals surface area contributed by atoms with E-state index in [1.807, 2.05) is 63.5 Å². The van der Waals surface area contributed by atoms with Crippen LogP contribution in [0.1, 0.15) is 5.82 Å². The van der Waals surface area contributed by atoms with E-state index in [4.69, 9.17) is 11.6 Å². The van der Waals surface area contributed by atoms with Crippen LogP contribution in [0.4, 0.5) is 28.7 Å². The summed E-state index contributed by atoms with van der Waals surface area (Å²) in [5.41, 5.74) is 2.92. The van der Waals surface area contributed by atoms with Gasteiger partial charge in [0, 0.05) is 31.5 Å². The Labute approximate surface area is 152 Å². The van der Waals surface area contributed by atoms with E-state index in [1.165, 1.54) is 0 Å². The Morgan fingerprint density at radius 2 is 1.52 bits per heavy atom. The maximum absolute atomic E-state index is 6.20. The van der Waals surface area contributed by atoms with Crippen LogP contribution in [0.25, 0.3) is 0 Å². The van der Waals surface area contributed by atoms with E-state index in [2.05, 4.69) is 37.6 Å². The van der Waals surface area contributed by atoms with Gasteiger partial charge in [-0.25, -0.2) is 9.97 Å². The first-order chi connectivity index (χ1) is 12.0. The van der Waals surface area contributed by atoms with Crippen LogP contribution in [0.5, 0.6) is 0 Å². The standard InChI is InChI=1S/C19H20ClN5/c1-13-21-18(23-14-8-10-15(11-9-14)25(2)3)12-19(22-13)24-17-7-5-4-6-16(17)20/h4-12H,1-3H3,(H2,21,22,23,24). The Morgan fingerprint density at radius 1 is 0.880 bits per heavy atom. The number of hydrogen-bond donors (Lipinski definition) is 2. The molecular formula is C19H20ClN5. The fourth-order valence-electron chi connectivity index (χ4n) is 2.39. The highest BCUT2D eigenvalue weighted by molar-refractivity contribution is 6.33. The van der Waals surface area contributed by atoms with Gasteiger partial charge in [0.15, 0.2) is 0 Å². The number of aryl methyl sites for hydroxylation is 1. The Balaban J connectivity index is 1.80. The SMILES string of the molecule is Cc1nc(Nc2ccc(N(C)C)cc2)cc(Nc2ccccc2Cl)n1. The molecule has 0 amide bonds. The fraction of sp³-hybridized carbons (Fsp3) is 0.158. The monoisotopic (exact) mass is 353 g/mol. The second-order valence-electron chi connectivity index (χ2n) is 5.86. The molecule has 3 rings (SSSR count). The zero-order valence-electron chi connectivity index (χ0n) is 14.4. The number of benzene rings is 2. The number of nitrogens with one attached hydrogen (secondary N) is 2. The van der Waals surface area contributed by atoms with Gasteiger partial charge in [-0.2, -0.15) is 0 Å². The van der Waals surface area contributed by atoms with Crippen molar-refractivity contribution in [3.8, 4) is 0 Å². The lowest BCUT2D eigenvalue weighted by molar-refractivity contribution is 1.06. The van der Waals surface area contributed by atoms with Crippen LogP contribution in [0.2, 0.25) is 5.02 Å². The summed E-state index contributed by atoms with van der Waals surface area (Å²) in [5.74, 6) is 2.08. The van der Waals surface area contributed by atoms with Gasteiger partial charge in [0.2, 0.25) is 0 Å². The molecule has 0 aliphatic rings. The van der Waals surface area contributed by atoms with Gasteiger partial charge in [-0.15, -0.1) is 0 Å². The Kier molecular flexibility index (Phi) is 5.05. The first-order valence-electron chi connectivity index (χ1n) is 7.93. The highest BCUT2D eigenvalue weighted by Gasteiger charge is 2.05. The molecule has 1 aromatic heterocycles. The summed E-state index contributed by atoms with van der Waals surface area (Å²) in [7, 11) is 4.03. The minimum atomic E-state index is 0.646. The lowest BCUT2D eigenvalue weighted by Crippen LogP contribution is -2.08. The molecule has 0 atom stereocenters. The van der Waals surface area contributed by atoms with Gasteiger partial charge in [-0.1, -0.05) is 23.7 Å². The fourth-order valence-corrected chi connectivity index (χ4v) is 2.57. The molecule has 0 radical (unpaired) electrons. The molecule has 0 aliphatic heterocycles. The van der Waals surface area contributed by atoms with E-state index < -0.39 is 0 Å². The summed E-state index contributed by atoms with van der Waals surface area (Å²) < 4.78 is 0. The predicted molar refractivity (Wildman–Crippen MR) is 106 cm³/mol. The molecule has 0 aliphatic carbocycles. The first-order valence-corrected chi connectivity index (χ1v) is 8.31. The molecular weight excluding hydrogens is 334 g/mol. The van der Waals surface area contributed by atoms with Crippen molar-refractivity contribution in [2.24, 2.45) is 0 Å². The van der Waals surface area contributed by atoms with Gasteiger partial charge in [-0.3, -0.25) is 0 Å². The molecule has 0 saturated heterocycles. The Morgan fingerprint density at radius 3 is 2.16 bits per heavy atom. The zero-order valence-corrected chi connectivity index (χ0v) is 15.2. The molecule has 1 heterocycles. The van der Waals surface area contributed by atoms with Crippen molar-refractivity contribution in [3.05, 3.63) is 65.4 Å². The summed E-state index contributed by atoms with van der Waals surface area (Å²) >= 11 is 6.20. The first kappa shape index (κ1) is 17.0. The number of nitrogens with zero attached hydrogens (tertiary/aromatic N) is 3. The molecule has 5 nitrogen and oxygen atoms in total. The van der Waals surface area contributed by atoms with Crippen LogP contribution in [0, 0.1) is 6.92 Å². The van der Waals surface area contributed by atoms with Crippen molar-refractivity contribution in [3.63, 3.8) is 0 Å². The average Bonchev–Trinajstić information content (AvgIpc) is 2.57. The average molecular weight is 354 g/mol. The molecule has 3 aromatic rings. The number of aromatic nitrogens is 2. The van der Waals surface area contributed by atoms with Gasteiger partial charge in [0.25, 0.3) is 0 Å². The maximum atomic E-state index is 6.20. The minimum Gasteiger partial charge on any atom is -0.378 e. The second-order valence-corrected chi connectivity index (χ2v) is 6.26. The third-order valence-electron chi connectivity index (χ3n) is 3.63. The van der Waals surface area contributed by atoms with Crippen molar-refractivity contribution >= 4 is 40.3 Å². The summed E-state index contributed by atoms with van der Waals surface area (Å²) in [4.78, 5) is 10.9. The number of anilines is 5. The van der Waals surface area contributed by atoms with Crippen LogP contribution in [0.3, 0.4) is 0 Å². The normalized spacial score (nSPS) is 10.4. The molecule has 2 aromatic carbocycles. The van der Waals surface area contributed by atoms with Gasteiger partial charge in [0.05, 0.1) is 10.7 Å². The zero-order chi connectivity index (χ0) is 17.8. The Hall–Kier alpha value is -2.79. The van der Waals surface area contributed by atoms with Gasteiger partial charge in [0.1, 0.15) is 17.5 Å². The van der Waals surface area contributed by atoms with Crippen molar-refractivity contribution in [2.75, 3.05) is 29.6 Å². The molecule has 0 spiro atoms. The lowest BCUT2D eigenvalue weighted by Gasteiger charge is -2.14. The highest BCUT2D eigenvalue weighted by Crippen LogP contribution is 2.26. The van der Waals surface area contributed by atoms with Gasteiger partial charge >= 0.3 is 0 Å². The molecule has 0 bridgehead atoms. The largest absolute Gasteiger partial charge is 0.378 e. The number of halogens is 1. The van der Waals surface area contributed by atoms with Crippen LogP contribution < -0.4 is 15.5 Å². The molecule has 0 unspecified atom stereocenters. The third-order valence-corrected chi connectivity index (χ3v) is 3.96. The van der Waals surface area contributed by atoms with Crippen LogP contribution in [0.15, 0.2) is 54.6 Å². The van der Waals surface area contributed by atoms with E-state index in [0.717, 1.165) is 22.9 Å². The summed E-state index contributed by atoms with van der Waals surface area (Å²) in [6.45, 7) is 1.86. The Bertz CT molecular complexity index is 862. The summed E-state index contributed by atoms with van der Waals surface area (Å²) in [6, 6.07) is 17.6. The van der Waals surface area contributed by atoms with Crippen molar-refractivity contribution in [1.29, 1.82) is 0 Å². The van der Waals surface area contributed by atoms with E-state index in [1.54, 1.807) is 0 Å². The highest BCUT2D eigenvalue weighted by atomic mass is 35.5. The quantitative estimate of drug-likeness (QED) is 0.676. The van der Waals surface area contributed by atoms with Crippen LogP contribution in [-0.2, 0) is 0 Å². The molecule has 2 N–H and O–H groups in total. The van der Waals surface area contributed by atoms with Gasteiger partial charge < -0.3 is 15.5 Å². The number of hydrogen-bond acceptors (Lipinski definition) is 5. The van der Waals surface area contributed by atoms with Crippen molar-refractivity contribution in [1.82, 2.24) is 9.97 Å². The van der Waals surface area contributed by atoms with E-state index >= 15 is 0 Å². The topological polar surface area (TPSA) is 53.1 Å². The maximum Gasteiger partial charge on any atom is 0.136 e. The van der Waals surface area contributed by atoms with Gasteiger partial charge in [-0.05, 0) is 43.3 Å². The third kappa shape index (κ3) is 4.39. The summed E-state index contributed by atoms with van der Waals surface area (Å²) in [5, 5.41) is 7.19. The molecule has 6 heteroatoms. The number of para-hydroxylation sites is 1. The minimum absolute atomic E-state index is 0.646. The number of rotatable bonds is 5. The van der Waals surface area contributed by atoms with E-state index in [9.17, 15) is 0 Å². The second kappa shape index (κ2) is 7.40. The summed E-state index contributed by atoms with van der Waals surface area (Å²) in [6.07, 6.45) is 0. The van der Waals surface area contributed by atoms with E-state index in [0.29, 0.717) is 16.7 Å². The molecule has 0 fully saturated rings. The predicted octanol–water partition coefficient (Wildman–Crippen LogP) is 4.99. The van der Waals surface area contributed by atoms with E-state index in [-0.39, 0.29) is 0 Å².